The summed E-state index contributed by atoms with van der Waals surface area (Å²) in [6, 6.07) is 3.80. The molecular weight excluding hydrogens is 306 g/mol. The average Bonchev–Trinajstić information content (AvgIpc) is 2.97. The first-order valence-corrected chi connectivity index (χ1v) is 6.90. The number of carbonyl (C=O) groups excluding carboxylic acids is 3. The smallest absolute Gasteiger partial charge is 0.338 e. The van der Waals surface area contributed by atoms with E-state index in [1.807, 2.05) is 0 Å². The Labute approximate surface area is 131 Å². The van der Waals surface area contributed by atoms with Gasteiger partial charge in [-0.3, -0.25) is 24.6 Å². The normalized spacial score (nSPS) is 13.8. The first-order chi connectivity index (χ1) is 10.9. The van der Waals surface area contributed by atoms with Gasteiger partial charge in [0.1, 0.15) is 5.69 Å². The highest BCUT2D eigenvalue weighted by Crippen LogP contribution is 2.25. The van der Waals surface area contributed by atoms with Crippen molar-refractivity contribution in [3.63, 3.8) is 0 Å². The Kier molecular flexibility index (Phi) is 4.89. The van der Waals surface area contributed by atoms with Gasteiger partial charge in [0.25, 0.3) is 11.6 Å². The molecule has 0 aromatic heterocycles. The van der Waals surface area contributed by atoms with E-state index in [4.69, 9.17) is 4.74 Å². The van der Waals surface area contributed by atoms with Crippen LogP contribution >= 0.6 is 0 Å². The molecule has 0 saturated carbocycles. The van der Waals surface area contributed by atoms with Crippen LogP contribution in [-0.2, 0) is 14.3 Å². The Morgan fingerprint density at radius 3 is 2.74 bits per heavy atom. The maximum atomic E-state index is 11.9. The summed E-state index contributed by atoms with van der Waals surface area (Å²) in [5.74, 6) is -1.75. The Balaban J connectivity index is 2.03. The highest BCUT2D eigenvalue weighted by molar-refractivity contribution is 5.99. The number of imide groups is 1. The Morgan fingerprint density at radius 1 is 1.43 bits per heavy atom. The summed E-state index contributed by atoms with van der Waals surface area (Å²) in [5.41, 5.74) is -0.0652. The number of ether oxygens (including phenoxy) is 1. The standard InChI is InChI=1S/C14H15N3O6/c1-15-10-5-4-9(7-11(10)17(21)22)14(20)23-8-13(19)16-6-2-3-12(16)18/h4-5,7,15H,2-3,6,8H2,1H3. The molecule has 1 N–H and O–H groups in total. The maximum absolute atomic E-state index is 11.9. The van der Waals surface area contributed by atoms with E-state index in [0.29, 0.717) is 19.4 Å². The Hall–Kier alpha value is -2.97. The number of amides is 2. The molecule has 9 nitrogen and oxygen atoms in total. The van der Waals surface area contributed by atoms with Crippen molar-refractivity contribution in [2.45, 2.75) is 12.8 Å². The fraction of sp³-hybridized carbons (Fsp3) is 0.357. The molecule has 0 atom stereocenters. The van der Waals surface area contributed by atoms with Crippen LogP contribution < -0.4 is 5.32 Å². The van der Waals surface area contributed by atoms with E-state index in [-0.39, 0.29) is 22.8 Å². The molecular formula is C14H15N3O6. The van der Waals surface area contributed by atoms with Crippen LogP contribution in [0.5, 0.6) is 0 Å². The molecule has 23 heavy (non-hydrogen) atoms. The molecule has 0 spiro atoms. The van der Waals surface area contributed by atoms with Crippen LogP contribution in [0.15, 0.2) is 18.2 Å². The lowest BCUT2D eigenvalue weighted by atomic mass is 10.1. The number of rotatable bonds is 5. The molecule has 1 aliphatic heterocycles. The van der Waals surface area contributed by atoms with E-state index in [0.717, 1.165) is 11.0 Å². The minimum atomic E-state index is -0.865. The molecule has 2 amide bonds. The molecule has 0 unspecified atom stereocenters. The van der Waals surface area contributed by atoms with Crippen molar-refractivity contribution in [2.24, 2.45) is 0 Å². The molecule has 1 aliphatic rings. The first-order valence-electron chi connectivity index (χ1n) is 6.90. The van der Waals surface area contributed by atoms with Gasteiger partial charge in [-0.15, -0.1) is 0 Å². The summed E-state index contributed by atoms with van der Waals surface area (Å²) in [6.07, 6.45) is 0.896. The lowest BCUT2D eigenvalue weighted by Gasteiger charge is -2.13. The third-order valence-electron chi connectivity index (χ3n) is 3.40. The largest absolute Gasteiger partial charge is 0.452 e. The third-order valence-corrected chi connectivity index (χ3v) is 3.40. The number of nitrogens with one attached hydrogen (secondary N) is 1. The van der Waals surface area contributed by atoms with Gasteiger partial charge in [-0.1, -0.05) is 0 Å². The zero-order valence-corrected chi connectivity index (χ0v) is 12.4. The van der Waals surface area contributed by atoms with Gasteiger partial charge < -0.3 is 10.1 Å². The predicted molar refractivity (Wildman–Crippen MR) is 78.9 cm³/mol. The lowest BCUT2D eigenvalue weighted by molar-refractivity contribution is -0.384. The fourth-order valence-corrected chi connectivity index (χ4v) is 2.22. The minimum Gasteiger partial charge on any atom is -0.452 e. The van der Waals surface area contributed by atoms with Crippen LogP contribution in [0.1, 0.15) is 23.2 Å². The second kappa shape index (κ2) is 6.86. The monoisotopic (exact) mass is 321 g/mol. The first kappa shape index (κ1) is 16.4. The molecule has 1 saturated heterocycles. The van der Waals surface area contributed by atoms with Crippen molar-refractivity contribution >= 4 is 29.2 Å². The average molecular weight is 321 g/mol. The number of likely N-dealkylation sites (tertiary alicyclic amines) is 1. The quantitative estimate of drug-likeness (QED) is 0.487. The molecule has 0 radical (unpaired) electrons. The van der Waals surface area contributed by atoms with Crippen molar-refractivity contribution in [1.82, 2.24) is 4.90 Å². The summed E-state index contributed by atoms with van der Waals surface area (Å²) >= 11 is 0. The summed E-state index contributed by atoms with van der Waals surface area (Å²) in [7, 11) is 1.52. The van der Waals surface area contributed by atoms with Gasteiger partial charge >= 0.3 is 5.97 Å². The molecule has 1 fully saturated rings. The highest BCUT2D eigenvalue weighted by Gasteiger charge is 2.27. The zero-order valence-electron chi connectivity index (χ0n) is 12.4. The van der Waals surface area contributed by atoms with E-state index in [1.165, 1.54) is 19.2 Å². The van der Waals surface area contributed by atoms with Gasteiger partial charge in [0.05, 0.1) is 10.5 Å². The van der Waals surface area contributed by atoms with Crippen LogP contribution in [0.4, 0.5) is 11.4 Å². The SMILES string of the molecule is CNc1ccc(C(=O)OCC(=O)N2CCCC2=O)cc1[N+](=O)[O-]. The van der Waals surface area contributed by atoms with E-state index >= 15 is 0 Å². The number of hydrogen-bond acceptors (Lipinski definition) is 7. The molecule has 1 aromatic carbocycles. The highest BCUT2D eigenvalue weighted by atomic mass is 16.6. The second-order valence-corrected chi connectivity index (χ2v) is 4.86. The molecule has 122 valence electrons. The van der Waals surface area contributed by atoms with Gasteiger partial charge in [-0.05, 0) is 18.6 Å². The topological polar surface area (TPSA) is 119 Å². The van der Waals surface area contributed by atoms with Crippen molar-refractivity contribution < 1.29 is 24.0 Å². The van der Waals surface area contributed by atoms with Crippen LogP contribution in [0.25, 0.3) is 0 Å². The van der Waals surface area contributed by atoms with Crippen molar-refractivity contribution in [1.29, 1.82) is 0 Å². The van der Waals surface area contributed by atoms with Crippen LogP contribution in [0, 0.1) is 10.1 Å². The Morgan fingerprint density at radius 2 is 2.17 bits per heavy atom. The molecule has 1 aromatic rings. The van der Waals surface area contributed by atoms with Gasteiger partial charge in [0.15, 0.2) is 6.61 Å². The summed E-state index contributed by atoms with van der Waals surface area (Å²) in [5, 5.41) is 13.6. The fourth-order valence-electron chi connectivity index (χ4n) is 2.22. The van der Waals surface area contributed by atoms with Crippen LogP contribution in [0.3, 0.4) is 0 Å². The van der Waals surface area contributed by atoms with Gasteiger partial charge in [-0.2, -0.15) is 0 Å². The summed E-state index contributed by atoms with van der Waals surface area (Å²) < 4.78 is 4.83. The number of nitro benzene ring substituents is 1. The maximum Gasteiger partial charge on any atom is 0.338 e. The zero-order chi connectivity index (χ0) is 17.0. The van der Waals surface area contributed by atoms with E-state index < -0.39 is 23.4 Å². The number of hydrogen-bond donors (Lipinski definition) is 1. The number of anilines is 1. The molecule has 2 rings (SSSR count). The Bertz CT molecular complexity index is 672. The second-order valence-electron chi connectivity index (χ2n) is 4.86. The molecule has 0 aliphatic carbocycles. The predicted octanol–water partition coefficient (Wildman–Crippen LogP) is 0.942. The molecule has 0 bridgehead atoms. The summed E-state index contributed by atoms with van der Waals surface area (Å²) in [4.78, 5) is 46.4. The van der Waals surface area contributed by atoms with E-state index in [2.05, 4.69) is 5.32 Å². The van der Waals surface area contributed by atoms with E-state index in [9.17, 15) is 24.5 Å². The number of benzene rings is 1. The van der Waals surface area contributed by atoms with Crippen LogP contribution in [0.2, 0.25) is 0 Å². The van der Waals surface area contributed by atoms with E-state index in [1.54, 1.807) is 0 Å². The van der Waals surface area contributed by atoms with Gasteiger partial charge in [0, 0.05) is 26.1 Å². The number of carbonyl (C=O) groups is 3. The van der Waals surface area contributed by atoms with Crippen molar-refractivity contribution in [2.75, 3.05) is 25.5 Å². The number of nitrogens with zero attached hydrogens (tertiary/aromatic N) is 2. The minimum absolute atomic E-state index is 0.0451. The van der Waals surface area contributed by atoms with Crippen LogP contribution in [-0.4, -0.2) is 47.8 Å². The molecule has 9 heteroatoms. The third kappa shape index (κ3) is 3.62. The lowest BCUT2D eigenvalue weighted by Crippen LogP contribution is -2.35. The number of nitro groups is 1. The summed E-state index contributed by atoms with van der Waals surface area (Å²) in [6.45, 7) is -0.260. The van der Waals surface area contributed by atoms with Crippen molar-refractivity contribution in [3.8, 4) is 0 Å². The van der Waals surface area contributed by atoms with Crippen molar-refractivity contribution in [3.05, 3.63) is 33.9 Å². The number of esters is 1. The van der Waals surface area contributed by atoms with Gasteiger partial charge in [0.2, 0.25) is 5.91 Å². The molecule has 1 heterocycles. The van der Waals surface area contributed by atoms with Gasteiger partial charge in [-0.25, -0.2) is 4.79 Å².